The van der Waals surface area contributed by atoms with Gasteiger partial charge >= 0.3 is 0 Å². The summed E-state index contributed by atoms with van der Waals surface area (Å²) >= 11 is 0. The van der Waals surface area contributed by atoms with Crippen LogP contribution in [0.4, 0.5) is 0 Å². The summed E-state index contributed by atoms with van der Waals surface area (Å²) in [6.07, 6.45) is 3.54. The first-order valence-corrected chi connectivity index (χ1v) is 13.4. The number of piperazine rings is 1. The van der Waals surface area contributed by atoms with E-state index >= 15 is 0 Å². The monoisotopic (exact) mass is 509 g/mol. The van der Waals surface area contributed by atoms with E-state index in [1.165, 1.54) is 21.3 Å². The quantitative estimate of drug-likeness (QED) is 0.527. The van der Waals surface area contributed by atoms with Crippen LogP contribution in [0.5, 0.6) is 0 Å². The van der Waals surface area contributed by atoms with E-state index in [0.717, 1.165) is 11.3 Å². The summed E-state index contributed by atoms with van der Waals surface area (Å²) in [5, 5.41) is 7.10. The van der Waals surface area contributed by atoms with Gasteiger partial charge in [0, 0.05) is 44.0 Å². The molecule has 0 aliphatic carbocycles. The van der Waals surface area contributed by atoms with Crippen LogP contribution in [0.3, 0.4) is 0 Å². The Kier molecular flexibility index (Phi) is 7.56. The first kappa shape index (κ1) is 25.6. The zero-order chi connectivity index (χ0) is 25.9. The molecule has 1 aliphatic rings. The summed E-state index contributed by atoms with van der Waals surface area (Å²) in [7, 11) is -3.82. The molecular weight excluding hydrogens is 478 g/mol. The smallest absolute Gasteiger partial charge is 0.244 e. The van der Waals surface area contributed by atoms with E-state index in [1.807, 2.05) is 36.5 Å². The number of carbonyl (C=O) groups excluding carboxylic acids is 2. The van der Waals surface area contributed by atoms with E-state index in [9.17, 15) is 18.0 Å². The zero-order valence-corrected chi connectivity index (χ0v) is 21.4. The Morgan fingerprint density at radius 2 is 1.72 bits per heavy atom. The molecular formula is C26H31N5O4S. The number of aromatic nitrogens is 2. The summed E-state index contributed by atoms with van der Waals surface area (Å²) in [6, 6.07) is 16.2. The van der Waals surface area contributed by atoms with Crippen LogP contribution in [0.25, 0.3) is 5.69 Å². The molecule has 0 radical (unpaired) electrons. The largest absolute Gasteiger partial charge is 0.350 e. The summed E-state index contributed by atoms with van der Waals surface area (Å²) in [5.74, 6) is -0.891. The minimum Gasteiger partial charge on any atom is -0.350 e. The normalized spacial score (nSPS) is 18.8. The predicted molar refractivity (Wildman–Crippen MR) is 136 cm³/mol. The van der Waals surface area contributed by atoms with Gasteiger partial charge in [-0.25, -0.2) is 13.1 Å². The molecule has 36 heavy (non-hydrogen) atoms. The zero-order valence-electron chi connectivity index (χ0n) is 20.6. The van der Waals surface area contributed by atoms with Crippen LogP contribution in [0.2, 0.25) is 0 Å². The summed E-state index contributed by atoms with van der Waals surface area (Å²) in [6.45, 7) is 5.59. The first-order valence-electron chi connectivity index (χ1n) is 11.9. The molecule has 2 atom stereocenters. The Morgan fingerprint density at radius 3 is 2.33 bits per heavy atom. The van der Waals surface area contributed by atoms with Gasteiger partial charge in [0.25, 0.3) is 0 Å². The maximum Gasteiger partial charge on any atom is 0.244 e. The molecule has 1 fully saturated rings. The molecule has 190 valence electrons. The van der Waals surface area contributed by atoms with Crippen molar-refractivity contribution >= 4 is 21.8 Å². The topological polar surface area (TPSA) is 105 Å². The Morgan fingerprint density at radius 1 is 1.03 bits per heavy atom. The average Bonchev–Trinajstić information content (AvgIpc) is 3.42. The summed E-state index contributed by atoms with van der Waals surface area (Å²) < 4.78 is 29.7. The molecule has 0 spiro atoms. The Bertz CT molecular complexity index is 1290. The van der Waals surface area contributed by atoms with Crippen molar-refractivity contribution < 1.29 is 18.0 Å². The van der Waals surface area contributed by atoms with E-state index in [2.05, 4.69) is 10.4 Å². The van der Waals surface area contributed by atoms with Crippen molar-refractivity contribution in [2.45, 2.75) is 44.3 Å². The number of hydrogen-bond donors (Lipinski definition) is 1. The number of hydrogen-bond acceptors (Lipinski definition) is 5. The first-order chi connectivity index (χ1) is 17.2. The lowest BCUT2D eigenvalue weighted by atomic mass is 10.0. The van der Waals surface area contributed by atoms with E-state index < -0.39 is 22.1 Å². The molecule has 2 aromatic carbocycles. The third-order valence-electron chi connectivity index (χ3n) is 6.26. The van der Waals surface area contributed by atoms with E-state index in [-0.39, 0.29) is 42.3 Å². The molecule has 10 heteroatoms. The van der Waals surface area contributed by atoms with Crippen molar-refractivity contribution in [2.75, 3.05) is 13.1 Å². The SMILES string of the molecule is CC(C)C(=O)N1C(C)CN(S(=O)(=O)c2ccccc2)CC1C(=O)NCc1ccc(-n2cccn2)cc1. The molecule has 1 aromatic heterocycles. The van der Waals surface area contributed by atoms with Gasteiger partial charge in [0.1, 0.15) is 6.04 Å². The minimum atomic E-state index is -3.82. The van der Waals surface area contributed by atoms with Crippen molar-refractivity contribution in [2.24, 2.45) is 5.92 Å². The van der Waals surface area contributed by atoms with Gasteiger partial charge in [-0.2, -0.15) is 9.40 Å². The van der Waals surface area contributed by atoms with Gasteiger partial charge in [0.15, 0.2) is 0 Å². The summed E-state index contributed by atoms with van der Waals surface area (Å²) in [4.78, 5) is 28.1. The van der Waals surface area contributed by atoms with E-state index in [1.54, 1.807) is 49.8 Å². The van der Waals surface area contributed by atoms with Gasteiger partial charge in [-0.1, -0.05) is 44.2 Å². The van der Waals surface area contributed by atoms with Crippen LogP contribution in [-0.2, 0) is 26.2 Å². The maximum absolute atomic E-state index is 13.4. The lowest BCUT2D eigenvalue weighted by Crippen LogP contribution is -2.65. The highest BCUT2D eigenvalue weighted by Crippen LogP contribution is 2.25. The minimum absolute atomic E-state index is 0.107. The molecule has 1 N–H and O–H groups in total. The fourth-order valence-electron chi connectivity index (χ4n) is 4.36. The standard InChI is InChI=1S/C26H31N5O4S/c1-19(2)26(33)31-20(3)17-29(36(34,35)23-8-5-4-6-9-23)18-24(31)25(32)27-16-21-10-12-22(13-11-21)30-15-7-14-28-30/h4-15,19-20,24H,16-18H2,1-3H3,(H,27,32). The molecule has 9 nitrogen and oxygen atoms in total. The van der Waals surface area contributed by atoms with Crippen molar-refractivity contribution in [3.8, 4) is 5.69 Å². The van der Waals surface area contributed by atoms with Crippen molar-refractivity contribution in [3.63, 3.8) is 0 Å². The average molecular weight is 510 g/mol. The van der Waals surface area contributed by atoms with Gasteiger partial charge in [0.05, 0.1) is 10.6 Å². The van der Waals surface area contributed by atoms with Crippen LogP contribution in [0.1, 0.15) is 26.3 Å². The number of carbonyl (C=O) groups is 2. The molecule has 3 aromatic rings. The third-order valence-corrected chi connectivity index (χ3v) is 8.10. The van der Waals surface area contributed by atoms with Crippen molar-refractivity contribution in [1.82, 2.24) is 24.3 Å². The van der Waals surface area contributed by atoms with Crippen LogP contribution in [0, 0.1) is 5.92 Å². The van der Waals surface area contributed by atoms with Crippen LogP contribution in [-0.4, -0.2) is 64.4 Å². The van der Waals surface area contributed by atoms with Gasteiger partial charge in [-0.05, 0) is 42.8 Å². The highest BCUT2D eigenvalue weighted by molar-refractivity contribution is 7.89. The third kappa shape index (κ3) is 5.34. The predicted octanol–water partition coefficient (Wildman–Crippen LogP) is 2.43. The second-order valence-electron chi connectivity index (χ2n) is 9.23. The molecule has 2 amide bonds. The fraction of sp³-hybridized carbons (Fsp3) is 0.346. The number of amides is 2. The number of sulfonamides is 1. The van der Waals surface area contributed by atoms with Crippen molar-refractivity contribution in [3.05, 3.63) is 78.6 Å². The molecule has 4 rings (SSSR count). The van der Waals surface area contributed by atoms with Gasteiger partial charge in [-0.15, -0.1) is 0 Å². The van der Waals surface area contributed by atoms with Crippen molar-refractivity contribution in [1.29, 1.82) is 0 Å². The lowest BCUT2D eigenvalue weighted by molar-refractivity contribution is -0.148. The fourth-order valence-corrected chi connectivity index (χ4v) is 5.90. The molecule has 0 saturated carbocycles. The van der Waals surface area contributed by atoms with Gasteiger partial charge in [0.2, 0.25) is 21.8 Å². The second kappa shape index (κ2) is 10.6. The van der Waals surface area contributed by atoms with Crippen LogP contribution in [0.15, 0.2) is 78.0 Å². The molecule has 1 aliphatic heterocycles. The molecule has 2 heterocycles. The van der Waals surface area contributed by atoms with Crippen LogP contribution >= 0.6 is 0 Å². The number of benzene rings is 2. The number of nitrogens with one attached hydrogen (secondary N) is 1. The molecule has 0 bridgehead atoms. The Hall–Kier alpha value is -3.50. The summed E-state index contributed by atoms with van der Waals surface area (Å²) in [5.41, 5.74) is 1.77. The lowest BCUT2D eigenvalue weighted by Gasteiger charge is -2.44. The maximum atomic E-state index is 13.4. The number of nitrogens with zero attached hydrogens (tertiary/aromatic N) is 4. The van der Waals surface area contributed by atoms with Gasteiger partial charge in [-0.3, -0.25) is 9.59 Å². The molecule has 1 saturated heterocycles. The number of rotatable bonds is 7. The van der Waals surface area contributed by atoms with Crippen LogP contribution < -0.4 is 5.32 Å². The second-order valence-corrected chi connectivity index (χ2v) is 11.2. The van der Waals surface area contributed by atoms with Gasteiger partial charge < -0.3 is 10.2 Å². The van der Waals surface area contributed by atoms with E-state index in [4.69, 9.17) is 0 Å². The highest BCUT2D eigenvalue weighted by atomic mass is 32.2. The molecule has 2 unspecified atom stereocenters. The Balaban J connectivity index is 1.53. The highest BCUT2D eigenvalue weighted by Gasteiger charge is 2.43. The van der Waals surface area contributed by atoms with E-state index in [0.29, 0.717) is 0 Å². The Labute approximate surface area is 211 Å².